The molecule has 3 amide bonds. The predicted molar refractivity (Wildman–Crippen MR) is 127 cm³/mol. The van der Waals surface area contributed by atoms with E-state index >= 15 is 0 Å². The summed E-state index contributed by atoms with van der Waals surface area (Å²) in [7, 11) is 1.41. The fraction of sp³-hybridized carbons (Fsp3) is 0.565. The first-order chi connectivity index (χ1) is 16.9. The summed E-state index contributed by atoms with van der Waals surface area (Å²) in [5.41, 5.74) is 11.5. The molecule has 1 aliphatic heterocycles. The topological polar surface area (TPSA) is 204 Å². The average molecular weight is 511 g/mol. The predicted octanol–water partition coefficient (Wildman–Crippen LogP) is 0.382. The zero-order valence-corrected chi connectivity index (χ0v) is 20.5. The quantitative estimate of drug-likeness (QED) is 0.277. The first kappa shape index (κ1) is 28.8. The number of primary amides is 1. The minimum absolute atomic E-state index is 0.0303. The van der Waals surface area contributed by atoms with Gasteiger partial charge in [0.1, 0.15) is 18.4 Å². The van der Waals surface area contributed by atoms with Crippen LogP contribution in [0, 0.1) is 5.92 Å². The lowest BCUT2D eigenvalue weighted by Crippen LogP contribution is -2.48. The van der Waals surface area contributed by atoms with E-state index in [1.165, 1.54) is 19.2 Å². The van der Waals surface area contributed by atoms with Crippen LogP contribution in [0.15, 0.2) is 18.2 Å². The summed E-state index contributed by atoms with van der Waals surface area (Å²) in [6.07, 6.45) is -4.01. The number of hydrogen-bond donors (Lipinski definition) is 5. The summed E-state index contributed by atoms with van der Waals surface area (Å²) in [5.74, 6) is -2.34. The maximum Gasteiger partial charge on any atom is 0.410 e. The molecule has 0 spiro atoms. The molecule has 200 valence electrons. The molecule has 0 aliphatic carbocycles. The van der Waals surface area contributed by atoms with Crippen molar-refractivity contribution < 1.29 is 43.6 Å². The third-order valence-corrected chi connectivity index (χ3v) is 5.48. The van der Waals surface area contributed by atoms with Crippen molar-refractivity contribution in [3.05, 3.63) is 23.8 Å². The Labute approximate surface area is 208 Å². The number of anilines is 1. The van der Waals surface area contributed by atoms with E-state index in [0.29, 0.717) is 5.56 Å². The second-order valence-corrected chi connectivity index (χ2v) is 8.81. The van der Waals surface area contributed by atoms with Crippen LogP contribution in [0.1, 0.15) is 38.7 Å². The van der Waals surface area contributed by atoms with Crippen LogP contribution in [-0.4, -0.2) is 77.1 Å². The maximum absolute atomic E-state index is 12.5. The van der Waals surface area contributed by atoms with Gasteiger partial charge in [-0.25, -0.2) is 9.59 Å². The van der Waals surface area contributed by atoms with Crippen LogP contribution in [0.25, 0.3) is 0 Å². The van der Waals surface area contributed by atoms with Crippen molar-refractivity contribution in [1.29, 1.82) is 0 Å². The number of hydrogen-bond acceptors (Lipinski definition) is 9. The number of carboxylic acid groups (broad SMARTS) is 1. The van der Waals surface area contributed by atoms with E-state index in [-0.39, 0.29) is 49.8 Å². The number of nitrogens with two attached hydrogens (primary N) is 2. The molecule has 36 heavy (non-hydrogen) atoms. The van der Waals surface area contributed by atoms with Crippen molar-refractivity contribution in [2.75, 3.05) is 18.9 Å². The van der Waals surface area contributed by atoms with E-state index in [9.17, 15) is 29.4 Å². The molecule has 1 aromatic carbocycles. The van der Waals surface area contributed by atoms with Crippen LogP contribution >= 0.6 is 0 Å². The van der Waals surface area contributed by atoms with Gasteiger partial charge in [0.15, 0.2) is 6.10 Å². The molecular weight excluding hydrogens is 476 g/mol. The van der Waals surface area contributed by atoms with Gasteiger partial charge in [0.05, 0.1) is 11.8 Å². The van der Waals surface area contributed by atoms with E-state index in [2.05, 4.69) is 5.32 Å². The Hall–Kier alpha value is -3.42. The van der Waals surface area contributed by atoms with Crippen molar-refractivity contribution in [2.45, 2.75) is 64.3 Å². The number of rotatable bonds is 11. The van der Waals surface area contributed by atoms with Gasteiger partial charge in [-0.2, -0.15) is 0 Å². The van der Waals surface area contributed by atoms with E-state index in [1.54, 1.807) is 19.9 Å². The van der Waals surface area contributed by atoms with E-state index in [1.807, 2.05) is 0 Å². The molecule has 13 nitrogen and oxygen atoms in total. The standard InChI is InChI=1S/C23H34N4O9/c1-12(2)20(21(25)30)27(3)23(33)34-11-13-4-5-16(15(8-13)26-18(29)6-7-24)35-19-10-14(28)9-17(36-19)22(31)32/h4-5,8,12,14,17,19-20,28H,6-7,9-11,24H2,1-3H3,(H2,25,30)(H,26,29)(H,31,32)/t14-,17-,19+,20-/m0/s1. The number of carboxylic acids is 1. The zero-order chi connectivity index (χ0) is 27.0. The molecule has 1 aliphatic rings. The molecule has 0 radical (unpaired) electrons. The number of likely N-dealkylation sites (N-methyl/N-ethyl adjacent to an activating group) is 1. The summed E-state index contributed by atoms with van der Waals surface area (Å²) in [4.78, 5) is 48.8. The average Bonchev–Trinajstić information content (AvgIpc) is 2.78. The Balaban J connectivity index is 2.18. The monoisotopic (exact) mass is 510 g/mol. The molecule has 0 aromatic heterocycles. The number of aliphatic carboxylic acids is 1. The van der Waals surface area contributed by atoms with Crippen LogP contribution in [0.2, 0.25) is 0 Å². The molecule has 1 saturated heterocycles. The van der Waals surface area contributed by atoms with Crippen LogP contribution in [0.3, 0.4) is 0 Å². The second-order valence-electron chi connectivity index (χ2n) is 8.81. The third kappa shape index (κ3) is 8.07. The number of carbonyl (C=O) groups excluding carboxylic acids is 3. The van der Waals surface area contributed by atoms with Crippen molar-refractivity contribution in [2.24, 2.45) is 17.4 Å². The molecular formula is C23H34N4O9. The molecule has 2 rings (SSSR count). The minimum atomic E-state index is -1.24. The second kappa shape index (κ2) is 13.0. The first-order valence-electron chi connectivity index (χ1n) is 11.5. The summed E-state index contributed by atoms with van der Waals surface area (Å²) in [6, 6.07) is 3.73. The summed E-state index contributed by atoms with van der Waals surface area (Å²) >= 11 is 0. The number of benzene rings is 1. The van der Waals surface area contributed by atoms with E-state index in [4.69, 9.17) is 25.7 Å². The van der Waals surface area contributed by atoms with Gasteiger partial charge in [-0.3, -0.25) is 14.5 Å². The number of amides is 3. The highest BCUT2D eigenvalue weighted by atomic mass is 16.7. The normalized spacial score (nSPS) is 20.3. The van der Waals surface area contributed by atoms with Crippen LogP contribution in [0.4, 0.5) is 10.5 Å². The molecule has 0 unspecified atom stereocenters. The van der Waals surface area contributed by atoms with Crippen molar-refractivity contribution in [1.82, 2.24) is 4.90 Å². The van der Waals surface area contributed by atoms with E-state index in [0.717, 1.165) is 4.90 Å². The summed E-state index contributed by atoms with van der Waals surface area (Å²) in [5, 5.41) is 21.9. The van der Waals surface area contributed by atoms with Gasteiger partial charge in [0, 0.05) is 32.9 Å². The highest BCUT2D eigenvalue weighted by Gasteiger charge is 2.34. The van der Waals surface area contributed by atoms with Crippen molar-refractivity contribution >= 4 is 29.6 Å². The van der Waals surface area contributed by atoms with Crippen LogP contribution in [-0.2, 0) is 30.5 Å². The Morgan fingerprint density at radius 3 is 2.53 bits per heavy atom. The Morgan fingerprint density at radius 2 is 1.94 bits per heavy atom. The molecule has 0 bridgehead atoms. The Morgan fingerprint density at radius 1 is 1.25 bits per heavy atom. The molecule has 1 heterocycles. The first-order valence-corrected chi connectivity index (χ1v) is 11.5. The molecule has 1 aromatic rings. The SMILES string of the molecule is CC(C)[C@@H](C(N)=O)N(C)C(=O)OCc1ccc(O[C@H]2C[C@@H](O)C[C@@H](C(=O)O)O2)c(NC(=O)CCN)c1. The van der Waals surface area contributed by atoms with E-state index < -0.39 is 48.4 Å². The highest BCUT2D eigenvalue weighted by Crippen LogP contribution is 2.31. The number of ether oxygens (including phenoxy) is 3. The number of carbonyl (C=O) groups is 4. The van der Waals surface area contributed by atoms with Crippen molar-refractivity contribution in [3.63, 3.8) is 0 Å². The fourth-order valence-electron chi connectivity index (χ4n) is 3.77. The third-order valence-electron chi connectivity index (χ3n) is 5.48. The van der Waals surface area contributed by atoms with Gasteiger partial charge in [-0.05, 0) is 23.6 Å². The lowest BCUT2D eigenvalue weighted by atomic mass is 10.0. The van der Waals surface area contributed by atoms with Crippen molar-refractivity contribution in [3.8, 4) is 5.75 Å². The maximum atomic E-state index is 12.5. The van der Waals surface area contributed by atoms with Crippen LogP contribution in [0.5, 0.6) is 5.75 Å². The van der Waals surface area contributed by atoms with Gasteiger partial charge in [0.25, 0.3) is 0 Å². The largest absolute Gasteiger partial charge is 0.479 e. The molecule has 1 fully saturated rings. The Kier molecular flexibility index (Phi) is 10.4. The van der Waals surface area contributed by atoms with Gasteiger partial charge >= 0.3 is 12.1 Å². The summed E-state index contributed by atoms with van der Waals surface area (Å²) in [6.45, 7) is 3.43. The summed E-state index contributed by atoms with van der Waals surface area (Å²) < 4.78 is 16.5. The molecule has 13 heteroatoms. The number of nitrogens with one attached hydrogen (secondary N) is 1. The minimum Gasteiger partial charge on any atom is -0.479 e. The lowest BCUT2D eigenvalue weighted by molar-refractivity contribution is -0.195. The van der Waals surface area contributed by atoms with Gasteiger partial charge in [-0.1, -0.05) is 19.9 Å². The smallest absolute Gasteiger partial charge is 0.410 e. The molecule has 4 atom stereocenters. The molecule has 0 saturated carbocycles. The number of aliphatic hydroxyl groups is 1. The highest BCUT2D eigenvalue weighted by molar-refractivity contribution is 5.92. The lowest BCUT2D eigenvalue weighted by Gasteiger charge is -2.31. The number of aliphatic hydroxyl groups excluding tert-OH is 1. The van der Waals surface area contributed by atoms with Crippen LogP contribution < -0.4 is 21.5 Å². The fourth-order valence-corrected chi connectivity index (χ4v) is 3.77. The zero-order valence-electron chi connectivity index (χ0n) is 20.5. The number of nitrogens with zero attached hydrogens (tertiary/aromatic N) is 1. The van der Waals surface area contributed by atoms with Gasteiger partial charge in [0.2, 0.25) is 18.1 Å². The van der Waals surface area contributed by atoms with Gasteiger partial charge < -0.3 is 41.2 Å². The van der Waals surface area contributed by atoms with Gasteiger partial charge in [-0.15, -0.1) is 0 Å². The Bertz CT molecular complexity index is 956. The molecule has 7 N–H and O–H groups in total.